The molecule has 2 amide bonds. The highest BCUT2D eigenvalue weighted by Crippen LogP contribution is 2.32. The summed E-state index contributed by atoms with van der Waals surface area (Å²) < 4.78 is 33.4. The summed E-state index contributed by atoms with van der Waals surface area (Å²) in [4.78, 5) is 18.7. The summed E-state index contributed by atoms with van der Waals surface area (Å²) in [6.45, 7) is 1.91. The number of carbonyl (C=O) groups excluding carboxylic acids is 1. The minimum absolute atomic E-state index is 0.156. The molecule has 3 heterocycles. The van der Waals surface area contributed by atoms with E-state index in [2.05, 4.69) is 10.3 Å². The summed E-state index contributed by atoms with van der Waals surface area (Å²) in [6.07, 6.45) is 3.27. The molecule has 0 saturated carbocycles. The summed E-state index contributed by atoms with van der Waals surface area (Å²) in [6, 6.07) is 14.3. The lowest BCUT2D eigenvalue weighted by atomic mass is 10.2. The zero-order valence-corrected chi connectivity index (χ0v) is 19.0. The number of ether oxygens (including phenoxy) is 1. The second-order valence-corrected chi connectivity index (χ2v) is 10.1. The zero-order chi connectivity index (χ0) is 23.0. The Hall–Kier alpha value is -3.43. The van der Waals surface area contributed by atoms with Crippen LogP contribution in [0.1, 0.15) is 5.56 Å². The van der Waals surface area contributed by atoms with Crippen LogP contribution in [0.3, 0.4) is 0 Å². The summed E-state index contributed by atoms with van der Waals surface area (Å²) in [5.74, 6) is 0.768. The first-order chi connectivity index (χ1) is 16.0. The fourth-order valence-electron chi connectivity index (χ4n) is 4.35. The quantitative estimate of drug-likeness (QED) is 0.587. The first-order valence-corrected chi connectivity index (χ1v) is 12.1. The van der Waals surface area contributed by atoms with Crippen LogP contribution in [0, 0.1) is 0 Å². The standard InChI is InChI=1S/C24H24N4O4S/c1-32-21-7-5-17(6-8-21)11-26-24(29)27-13-19-15-28(16-20(19)14-27)33(30,31)23-4-2-3-18-12-25-10-9-22(18)23/h2-10,12H,11,13-16H2,1H3,(H,26,29). The third-order valence-corrected chi connectivity index (χ3v) is 8.00. The largest absolute Gasteiger partial charge is 0.497 e. The predicted octanol–water partition coefficient (Wildman–Crippen LogP) is 2.77. The van der Waals surface area contributed by atoms with Crippen molar-refractivity contribution >= 4 is 26.8 Å². The summed E-state index contributed by atoms with van der Waals surface area (Å²) in [5.41, 5.74) is 2.98. The van der Waals surface area contributed by atoms with Gasteiger partial charge in [-0.25, -0.2) is 13.2 Å². The van der Waals surface area contributed by atoms with E-state index in [-0.39, 0.29) is 10.9 Å². The van der Waals surface area contributed by atoms with E-state index in [1.54, 1.807) is 42.6 Å². The molecule has 0 aliphatic carbocycles. The van der Waals surface area contributed by atoms with Crippen molar-refractivity contribution in [1.82, 2.24) is 19.5 Å². The molecule has 0 radical (unpaired) electrons. The van der Waals surface area contributed by atoms with Gasteiger partial charge in [-0.3, -0.25) is 4.98 Å². The molecular weight excluding hydrogens is 440 g/mol. The van der Waals surface area contributed by atoms with Crippen molar-refractivity contribution in [2.75, 3.05) is 33.3 Å². The first-order valence-electron chi connectivity index (χ1n) is 10.6. The lowest BCUT2D eigenvalue weighted by molar-refractivity contribution is 0.208. The Morgan fingerprint density at radius 2 is 1.76 bits per heavy atom. The van der Waals surface area contributed by atoms with Crippen molar-refractivity contribution < 1.29 is 17.9 Å². The number of fused-ring (bicyclic) bond motifs is 1. The molecule has 1 aromatic heterocycles. The van der Waals surface area contributed by atoms with Crippen LogP contribution in [0.2, 0.25) is 0 Å². The van der Waals surface area contributed by atoms with Crippen molar-refractivity contribution in [2.45, 2.75) is 11.4 Å². The Morgan fingerprint density at radius 3 is 2.45 bits per heavy atom. The Morgan fingerprint density at radius 1 is 1.03 bits per heavy atom. The van der Waals surface area contributed by atoms with Crippen LogP contribution in [-0.4, -0.2) is 61.9 Å². The van der Waals surface area contributed by atoms with E-state index in [1.165, 1.54) is 4.31 Å². The predicted molar refractivity (Wildman–Crippen MR) is 124 cm³/mol. The van der Waals surface area contributed by atoms with Gasteiger partial charge in [0, 0.05) is 55.9 Å². The average Bonchev–Trinajstić information content (AvgIpc) is 3.43. The number of hydrogen-bond acceptors (Lipinski definition) is 5. The average molecular weight is 465 g/mol. The molecule has 5 rings (SSSR count). The lowest BCUT2D eigenvalue weighted by Crippen LogP contribution is -2.41. The Balaban J connectivity index is 1.22. The van der Waals surface area contributed by atoms with Crippen molar-refractivity contribution in [1.29, 1.82) is 0 Å². The number of urea groups is 1. The van der Waals surface area contributed by atoms with E-state index in [1.807, 2.05) is 30.3 Å². The van der Waals surface area contributed by atoms with E-state index in [0.717, 1.165) is 27.8 Å². The second-order valence-electron chi connectivity index (χ2n) is 8.20. The van der Waals surface area contributed by atoms with Gasteiger partial charge in [0.2, 0.25) is 10.0 Å². The smallest absolute Gasteiger partial charge is 0.318 e. The Labute approximate surface area is 192 Å². The third-order valence-electron chi connectivity index (χ3n) is 6.15. The number of carbonyl (C=O) groups is 1. The van der Waals surface area contributed by atoms with Crippen LogP contribution in [0.5, 0.6) is 5.75 Å². The minimum Gasteiger partial charge on any atom is -0.497 e. The summed E-state index contributed by atoms with van der Waals surface area (Å²) in [5, 5.41) is 4.39. The molecule has 1 N–H and O–H groups in total. The maximum Gasteiger partial charge on any atom is 0.318 e. The van der Waals surface area contributed by atoms with Crippen LogP contribution in [0.4, 0.5) is 4.79 Å². The number of nitrogens with one attached hydrogen (secondary N) is 1. The molecule has 2 aromatic carbocycles. The van der Waals surface area contributed by atoms with Gasteiger partial charge in [0.25, 0.3) is 0 Å². The van der Waals surface area contributed by atoms with E-state index < -0.39 is 10.0 Å². The van der Waals surface area contributed by atoms with Gasteiger partial charge in [-0.05, 0) is 41.0 Å². The highest BCUT2D eigenvalue weighted by atomic mass is 32.2. The molecule has 33 heavy (non-hydrogen) atoms. The molecule has 8 nitrogen and oxygen atoms in total. The van der Waals surface area contributed by atoms with Crippen LogP contribution in [0.15, 0.2) is 77.0 Å². The molecule has 9 heteroatoms. The van der Waals surface area contributed by atoms with Crippen LogP contribution in [-0.2, 0) is 16.6 Å². The Bertz CT molecular complexity index is 1330. The van der Waals surface area contributed by atoms with Crippen LogP contribution < -0.4 is 10.1 Å². The van der Waals surface area contributed by atoms with Gasteiger partial charge in [-0.1, -0.05) is 24.3 Å². The molecule has 0 unspecified atom stereocenters. The maximum atomic E-state index is 13.4. The molecule has 0 atom stereocenters. The van der Waals surface area contributed by atoms with Crippen molar-refractivity contribution in [3.63, 3.8) is 0 Å². The topological polar surface area (TPSA) is 91.8 Å². The summed E-state index contributed by atoms with van der Waals surface area (Å²) in [7, 11) is -2.05. The molecule has 2 aliphatic rings. The molecule has 0 bridgehead atoms. The fourth-order valence-corrected chi connectivity index (χ4v) is 5.99. The second kappa shape index (κ2) is 8.49. The molecular formula is C24H24N4O4S. The lowest BCUT2D eigenvalue weighted by Gasteiger charge is -2.23. The molecule has 0 fully saturated rings. The van der Waals surface area contributed by atoms with Crippen molar-refractivity contribution in [3.05, 3.63) is 77.6 Å². The van der Waals surface area contributed by atoms with E-state index in [4.69, 9.17) is 4.74 Å². The number of nitrogens with zero attached hydrogens (tertiary/aromatic N) is 3. The normalized spacial score (nSPS) is 16.3. The Kier molecular flexibility index (Phi) is 5.51. The number of rotatable bonds is 5. The number of hydrogen-bond donors (Lipinski definition) is 1. The number of amides is 2. The van der Waals surface area contributed by atoms with Gasteiger partial charge in [-0.15, -0.1) is 0 Å². The van der Waals surface area contributed by atoms with Crippen LogP contribution in [0.25, 0.3) is 10.8 Å². The van der Waals surface area contributed by atoms with E-state index >= 15 is 0 Å². The van der Waals surface area contributed by atoms with Gasteiger partial charge in [-0.2, -0.15) is 4.31 Å². The number of benzene rings is 2. The maximum absolute atomic E-state index is 13.4. The van der Waals surface area contributed by atoms with Gasteiger partial charge in [0.15, 0.2) is 0 Å². The zero-order valence-electron chi connectivity index (χ0n) is 18.2. The monoisotopic (exact) mass is 464 g/mol. The van der Waals surface area contributed by atoms with Crippen molar-refractivity contribution in [2.24, 2.45) is 0 Å². The van der Waals surface area contributed by atoms with Crippen LogP contribution >= 0.6 is 0 Å². The molecule has 0 spiro atoms. The first kappa shape index (κ1) is 21.4. The van der Waals surface area contributed by atoms with Crippen molar-refractivity contribution in [3.8, 4) is 5.75 Å². The SMILES string of the molecule is COc1ccc(CNC(=O)N2CC3=C(C2)CN(S(=O)(=O)c2cccc4cnccc24)C3)cc1. The van der Waals surface area contributed by atoms with E-state index in [0.29, 0.717) is 38.1 Å². The molecule has 2 aliphatic heterocycles. The van der Waals surface area contributed by atoms with Gasteiger partial charge in [0.05, 0.1) is 12.0 Å². The number of pyridine rings is 1. The molecule has 0 saturated heterocycles. The summed E-state index contributed by atoms with van der Waals surface area (Å²) >= 11 is 0. The number of methoxy groups -OCH3 is 1. The molecule has 3 aromatic rings. The third kappa shape index (κ3) is 4.05. The fraction of sp³-hybridized carbons (Fsp3) is 0.250. The van der Waals surface area contributed by atoms with Gasteiger partial charge >= 0.3 is 6.03 Å². The highest BCUT2D eigenvalue weighted by molar-refractivity contribution is 7.89. The minimum atomic E-state index is -3.66. The molecule has 170 valence electrons. The highest BCUT2D eigenvalue weighted by Gasteiger charge is 2.38. The number of sulfonamides is 1. The van der Waals surface area contributed by atoms with Gasteiger partial charge in [0.1, 0.15) is 5.75 Å². The number of aromatic nitrogens is 1. The van der Waals surface area contributed by atoms with Gasteiger partial charge < -0.3 is 15.0 Å². The van der Waals surface area contributed by atoms with E-state index in [9.17, 15) is 13.2 Å².